The predicted octanol–water partition coefficient (Wildman–Crippen LogP) is 2.51. The van der Waals surface area contributed by atoms with Gasteiger partial charge in [-0.1, -0.05) is 0 Å². The van der Waals surface area contributed by atoms with Crippen LogP contribution < -0.4 is 10.2 Å². The summed E-state index contributed by atoms with van der Waals surface area (Å²) >= 11 is 0. The number of anilines is 2. The van der Waals surface area contributed by atoms with E-state index in [1.807, 2.05) is 12.1 Å². The number of aryl methyl sites for hydroxylation is 1. The Hall–Kier alpha value is -2.47. The van der Waals surface area contributed by atoms with Crippen molar-refractivity contribution < 1.29 is 13.9 Å². The summed E-state index contributed by atoms with van der Waals surface area (Å²) in [6, 6.07) is 9.72. The molecule has 1 amide bonds. The first kappa shape index (κ1) is 16.0. The third-order valence-corrected chi connectivity index (χ3v) is 4.99. The Morgan fingerprint density at radius 1 is 1.24 bits per heavy atom. The van der Waals surface area contributed by atoms with Gasteiger partial charge in [0.05, 0.1) is 30.3 Å². The largest absolute Gasteiger partial charge is 0.378 e. The molecule has 5 nitrogen and oxygen atoms in total. The van der Waals surface area contributed by atoms with Crippen molar-refractivity contribution in [1.29, 1.82) is 0 Å². The molecule has 1 aromatic heterocycles. The second-order valence-electron chi connectivity index (χ2n) is 6.72. The topological polar surface area (TPSA) is 54.5 Å². The van der Waals surface area contributed by atoms with Crippen LogP contribution in [0.3, 0.4) is 0 Å². The molecule has 0 saturated carbocycles. The normalized spacial score (nSPS) is 18.2. The van der Waals surface area contributed by atoms with Gasteiger partial charge in [0.1, 0.15) is 11.2 Å². The Kier molecular flexibility index (Phi) is 3.92. The predicted molar refractivity (Wildman–Crippen MR) is 93.4 cm³/mol. The van der Waals surface area contributed by atoms with Gasteiger partial charge in [-0.25, -0.2) is 4.39 Å². The molecular formula is C19H20FN3O2. The van der Waals surface area contributed by atoms with Crippen LogP contribution in [0, 0.1) is 5.82 Å². The smallest absolute Gasteiger partial charge is 0.241 e. The molecule has 1 fully saturated rings. The lowest BCUT2D eigenvalue weighted by Gasteiger charge is -2.40. The molecule has 2 aromatic rings. The van der Waals surface area contributed by atoms with Crippen LogP contribution in [0.5, 0.6) is 0 Å². The number of nitrogens with zero attached hydrogens (tertiary/aromatic N) is 2. The van der Waals surface area contributed by atoms with Crippen molar-refractivity contribution in [3.05, 3.63) is 53.6 Å². The van der Waals surface area contributed by atoms with Gasteiger partial charge in [-0.05, 0) is 49.2 Å². The zero-order chi connectivity index (χ0) is 17.4. The summed E-state index contributed by atoms with van der Waals surface area (Å²) in [5.41, 5.74) is 2.69. The summed E-state index contributed by atoms with van der Waals surface area (Å²) in [6.07, 6.45) is 1.98. The molecule has 6 heteroatoms. The van der Waals surface area contributed by atoms with Crippen molar-refractivity contribution in [1.82, 2.24) is 4.98 Å². The highest BCUT2D eigenvalue weighted by Crippen LogP contribution is 2.35. The molecule has 1 N–H and O–H groups in total. The van der Waals surface area contributed by atoms with Gasteiger partial charge in [-0.3, -0.25) is 9.78 Å². The van der Waals surface area contributed by atoms with Crippen molar-refractivity contribution in [2.24, 2.45) is 0 Å². The number of ether oxygens (including phenoxy) is 1. The number of pyridine rings is 1. The Balaban J connectivity index is 1.62. The van der Waals surface area contributed by atoms with Gasteiger partial charge in [0, 0.05) is 19.3 Å². The molecular weight excluding hydrogens is 321 g/mol. The molecule has 4 rings (SSSR count). The second kappa shape index (κ2) is 6.11. The van der Waals surface area contributed by atoms with Crippen LogP contribution in [-0.4, -0.2) is 37.7 Å². The van der Waals surface area contributed by atoms with Gasteiger partial charge >= 0.3 is 0 Å². The fourth-order valence-electron chi connectivity index (χ4n) is 3.38. The molecule has 0 radical (unpaired) electrons. The second-order valence-corrected chi connectivity index (χ2v) is 6.72. The first-order valence-electron chi connectivity index (χ1n) is 8.45. The van der Waals surface area contributed by atoms with E-state index in [9.17, 15) is 9.18 Å². The van der Waals surface area contributed by atoms with E-state index in [0.717, 1.165) is 36.5 Å². The quantitative estimate of drug-likeness (QED) is 0.932. The third kappa shape index (κ3) is 2.76. The molecule has 25 heavy (non-hydrogen) atoms. The number of fused-ring (bicyclic) bond motifs is 1. The molecule has 0 aliphatic carbocycles. The van der Waals surface area contributed by atoms with E-state index in [-0.39, 0.29) is 11.7 Å². The molecule has 0 spiro atoms. The van der Waals surface area contributed by atoms with Crippen LogP contribution in [0.15, 0.2) is 36.4 Å². The van der Waals surface area contributed by atoms with Gasteiger partial charge in [-0.15, -0.1) is 0 Å². The Morgan fingerprint density at radius 2 is 2.00 bits per heavy atom. The highest BCUT2D eigenvalue weighted by Gasteiger charge is 2.49. The number of rotatable bonds is 3. The number of benzene rings is 1. The maximum Gasteiger partial charge on any atom is 0.241 e. The van der Waals surface area contributed by atoms with Crippen LogP contribution >= 0.6 is 0 Å². The molecule has 2 aliphatic rings. The SMILES string of the molecule is CN1CCCc2nc(C3(C(=O)Nc4ccc(F)cc4)COC3)ccc21. The number of hydrogen-bond donors (Lipinski definition) is 1. The molecule has 2 aliphatic heterocycles. The van der Waals surface area contributed by atoms with E-state index in [0.29, 0.717) is 18.9 Å². The summed E-state index contributed by atoms with van der Waals surface area (Å²) < 4.78 is 18.4. The lowest BCUT2D eigenvalue weighted by molar-refractivity contribution is -0.140. The van der Waals surface area contributed by atoms with Crippen molar-refractivity contribution in [3.63, 3.8) is 0 Å². The number of hydrogen-bond acceptors (Lipinski definition) is 4. The molecule has 3 heterocycles. The Labute approximate surface area is 145 Å². The highest BCUT2D eigenvalue weighted by atomic mass is 19.1. The number of carbonyl (C=O) groups is 1. The van der Waals surface area contributed by atoms with E-state index < -0.39 is 5.41 Å². The first-order chi connectivity index (χ1) is 12.1. The van der Waals surface area contributed by atoms with E-state index in [1.54, 1.807) is 12.1 Å². The zero-order valence-corrected chi connectivity index (χ0v) is 14.1. The fraction of sp³-hybridized carbons (Fsp3) is 0.368. The summed E-state index contributed by atoms with van der Waals surface area (Å²) in [7, 11) is 2.06. The van der Waals surface area contributed by atoms with Crippen molar-refractivity contribution >= 4 is 17.3 Å². The maximum absolute atomic E-state index is 13.0. The van der Waals surface area contributed by atoms with E-state index in [1.165, 1.54) is 12.1 Å². The van der Waals surface area contributed by atoms with Crippen molar-refractivity contribution in [2.75, 3.05) is 37.0 Å². The average Bonchev–Trinajstić information content (AvgIpc) is 2.56. The van der Waals surface area contributed by atoms with E-state index in [4.69, 9.17) is 9.72 Å². The molecule has 1 aromatic carbocycles. The summed E-state index contributed by atoms with van der Waals surface area (Å²) in [5.74, 6) is -0.498. The molecule has 0 atom stereocenters. The molecule has 0 bridgehead atoms. The molecule has 0 unspecified atom stereocenters. The van der Waals surface area contributed by atoms with Gasteiger partial charge in [0.2, 0.25) is 5.91 Å². The standard InChI is InChI=1S/C19H20FN3O2/c1-23-10-2-3-15-16(23)8-9-17(22-15)19(11-25-12-19)18(24)21-14-6-4-13(20)5-7-14/h4-9H,2-3,10-12H2,1H3,(H,21,24). The molecule has 1 saturated heterocycles. The van der Waals surface area contributed by atoms with Crippen molar-refractivity contribution in [2.45, 2.75) is 18.3 Å². The first-order valence-corrected chi connectivity index (χ1v) is 8.45. The lowest BCUT2D eigenvalue weighted by atomic mass is 9.80. The minimum Gasteiger partial charge on any atom is -0.378 e. The number of nitrogens with one attached hydrogen (secondary N) is 1. The summed E-state index contributed by atoms with van der Waals surface area (Å²) in [5, 5.41) is 2.86. The summed E-state index contributed by atoms with van der Waals surface area (Å²) in [4.78, 5) is 19.9. The van der Waals surface area contributed by atoms with Crippen LogP contribution in [-0.2, 0) is 21.4 Å². The van der Waals surface area contributed by atoms with Crippen LogP contribution in [0.25, 0.3) is 0 Å². The van der Waals surface area contributed by atoms with Crippen LogP contribution in [0.2, 0.25) is 0 Å². The third-order valence-electron chi connectivity index (χ3n) is 4.99. The highest BCUT2D eigenvalue weighted by molar-refractivity contribution is 5.99. The number of carbonyl (C=O) groups excluding carboxylic acids is 1. The van der Waals surface area contributed by atoms with Gasteiger partial charge in [0.15, 0.2) is 0 Å². The van der Waals surface area contributed by atoms with Crippen LogP contribution in [0.1, 0.15) is 17.8 Å². The van der Waals surface area contributed by atoms with Gasteiger partial charge in [0.25, 0.3) is 0 Å². The number of halogens is 1. The number of aromatic nitrogens is 1. The fourth-order valence-corrected chi connectivity index (χ4v) is 3.38. The summed E-state index contributed by atoms with van der Waals surface area (Å²) in [6.45, 7) is 1.64. The minimum absolute atomic E-state index is 0.165. The Morgan fingerprint density at radius 3 is 2.68 bits per heavy atom. The van der Waals surface area contributed by atoms with Crippen LogP contribution in [0.4, 0.5) is 15.8 Å². The van der Waals surface area contributed by atoms with E-state index >= 15 is 0 Å². The van der Waals surface area contributed by atoms with E-state index in [2.05, 4.69) is 17.3 Å². The maximum atomic E-state index is 13.0. The molecule has 130 valence electrons. The van der Waals surface area contributed by atoms with Gasteiger partial charge in [-0.2, -0.15) is 0 Å². The van der Waals surface area contributed by atoms with Gasteiger partial charge < -0.3 is 15.0 Å². The average molecular weight is 341 g/mol. The Bertz CT molecular complexity index is 803. The number of amides is 1. The zero-order valence-electron chi connectivity index (χ0n) is 14.1. The lowest BCUT2D eigenvalue weighted by Crippen LogP contribution is -2.56. The monoisotopic (exact) mass is 341 g/mol. The minimum atomic E-state index is -0.778. The van der Waals surface area contributed by atoms with Crippen molar-refractivity contribution in [3.8, 4) is 0 Å².